The van der Waals surface area contributed by atoms with Crippen LogP contribution in [0.3, 0.4) is 0 Å². The molecule has 0 amide bonds. The standard InChI is InChI=1S/C22H22F2N8/c1-13-28-18-9-15(8-16(23)21(18)29-13)20-17(24)11-27-22(31-20)30-19-3-2-14(10-26-19)12-32-6-4-25-5-7-32/h2-3,8-11,25H,4-7,12H2,1H3,(H,28,29)(H,26,27,30,31). The summed E-state index contributed by atoms with van der Waals surface area (Å²) in [6, 6.07) is 6.67. The fourth-order valence-corrected chi connectivity index (χ4v) is 3.80. The summed E-state index contributed by atoms with van der Waals surface area (Å²) in [4.78, 5) is 22.1. The van der Waals surface area contributed by atoms with Crippen LogP contribution in [0.15, 0.2) is 36.7 Å². The van der Waals surface area contributed by atoms with E-state index in [2.05, 4.69) is 40.5 Å². The number of aromatic amines is 1. The number of fused-ring (bicyclic) bond motifs is 1. The molecule has 0 radical (unpaired) electrons. The number of piperazine rings is 1. The maximum absolute atomic E-state index is 14.5. The molecule has 0 spiro atoms. The third-order valence-electron chi connectivity index (χ3n) is 5.36. The number of halogens is 2. The van der Waals surface area contributed by atoms with Crippen LogP contribution in [-0.4, -0.2) is 56.0 Å². The zero-order chi connectivity index (χ0) is 22.1. The summed E-state index contributed by atoms with van der Waals surface area (Å²) >= 11 is 0. The molecular formula is C22H22F2N8. The van der Waals surface area contributed by atoms with Crippen molar-refractivity contribution >= 4 is 22.8 Å². The Kier molecular flexibility index (Phi) is 5.46. The molecule has 32 heavy (non-hydrogen) atoms. The molecule has 0 bridgehead atoms. The summed E-state index contributed by atoms with van der Waals surface area (Å²) in [6.07, 6.45) is 2.86. The van der Waals surface area contributed by atoms with Gasteiger partial charge < -0.3 is 15.6 Å². The Morgan fingerprint density at radius 1 is 1.03 bits per heavy atom. The number of benzene rings is 1. The smallest absolute Gasteiger partial charge is 0.229 e. The highest BCUT2D eigenvalue weighted by molar-refractivity contribution is 5.82. The van der Waals surface area contributed by atoms with Gasteiger partial charge in [0.1, 0.15) is 22.9 Å². The fourth-order valence-electron chi connectivity index (χ4n) is 3.80. The minimum atomic E-state index is -0.648. The first kappa shape index (κ1) is 20.4. The van der Waals surface area contributed by atoms with Crippen LogP contribution in [0.2, 0.25) is 0 Å². The highest BCUT2D eigenvalue weighted by Crippen LogP contribution is 2.27. The lowest BCUT2D eigenvalue weighted by atomic mass is 10.1. The molecule has 4 aromatic rings. The molecule has 1 saturated heterocycles. The Hall–Kier alpha value is -3.50. The number of anilines is 2. The first-order chi connectivity index (χ1) is 15.5. The van der Waals surface area contributed by atoms with Crippen molar-refractivity contribution in [3.8, 4) is 11.3 Å². The molecule has 10 heteroatoms. The zero-order valence-corrected chi connectivity index (χ0v) is 17.5. The maximum Gasteiger partial charge on any atom is 0.229 e. The van der Waals surface area contributed by atoms with Gasteiger partial charge in [0.2, 0.25) is 5.95 Å². The van der Waals surface area contributed by atoms with Crippen LogP contribution in [0.4, 0.5) is 20.5 Å². The van der Waals surface area contributed by atoms with Gasteiger partial charge in [0, 0.05) is 44.5 Å². The van der Waals surface area contributed by atoms with Crippen molar-refractivity contribution in [2.75, 3.05) is 31.5 Å². The average Bonchev–Trinajstić information content (AvgIpc) is 3.18. The normalized spacial score (nSPS) is 14.7. The Labute approximate surface area is 183 Å². The Bertz CT molecular complexity index is 1250. The van der Waals surface area contributed by atoms with E-state index in [9.17, 15) is 8.78 Å². The van der Waals surface area contributed by atoms with Gasteiger partial charge in [-0.05, 0) is 30.7 Å². The monoisotopic (exact) mass is 436 g/mol. The van der Waals surface area contributed by atoms with Gasteiger partial charge in [0.25, 0.3) is 0 Å². The number of pyridine rings is 1. The number of aryl methyl sites for hydroxylation is 1. The van der Waals surface area contributed by atoms with Crippen LogP contribution in [0.25, 0.3) is 22.3 Å². The largest absolute Gasteiger partial charge is 0.342 e. The number of aromatic nitrogens is 5. The number of imidazole rings is 1. The topological polar surface area (TPSA) is 94.7 Å². The van der Waals surface area contributed by atoms with Crippen molar-refractivity contribution in [3.05, 3.63) is 59.7 Å². The van der Waals surface area contributed by atoms with Gasteiger partial charge in [-0.1, -0.05) is 6.07 Å². The molecule has 5 rings (SSSR count). The second-order valence-electron chi connectivity index (χ2n) is 7.77. The molecule has 3 N–H and O–H groups in total. The van der Waals surface area contributed by atoms with Crippen molar-refractivity contribution in [3.63, 3.8) is 0 Å². The van der Waals surface area contributed by atoms with E-state index in [0.717, 1.165) is 44.5 Å². The van der Waals surface area contributed by atoms with E-state index < -0.39 is 11.6 Å². The van der Waals surface area contributed by atoms with Crippen molar-refractivity contribution in [1.82, 2.24) is 35.1 Å². The van der Waals surface area contributed by atoms with Gasteiger partial charge in [-0.2, -0.15) is 0 Å². The van der Waals surface area contributed by atoms with Gasteiger partial charge in [-0.15, -0.1) is 0 Å². The second kappa shape index (κ2) is 8.56. The van der Waals surface area contributed by atoms with Crippen molar-refractivity contribution < 1.29 is 8.78 Å². The van der Waals surface area contributed by atoms with Crippen LogP contribution in [0.1, 0.15) is 11.4 Å². The molecule has 1 aliphatic rings. The quantitative estimate of drug-likeness (QED) is 0.442. The average molecular weight is 436 g/mol. The van der Waals surface area contributed by atoms with E-state index in [4.69, 9.17) is 0 Å². The molecule has 8 nitrogen and oxygen atoms in total. The molecule has 1 aromatic carbocycles. The van der Waals surface area contributed by atoms with Crippen molar-refractivity contribution in [1.29, 1.82) is 0 Å². The highest BCUT2D eigenvalue weighted by atomic mass is 19.1. The third kappa shape index (κ3) is 4.27. The summed E-state index contributed by atoms with van der Waals surface area (Å²) in [5.41, 5.74) is 2.08. The number of nitrogens with zero attached hydrogens (tertiary/aromatic N) is 5. The molecule has 1 fully saturated rings. The molecule has 164 valence electrons. The van der Waals surface area contributed by atoms with E-state index in [-0.39, 0.29) is 17.2 Å². The van der Waals surface area contributed by atoms with Gasteiger partial charge in [0.15, 0.2) is 11.6 Å². The summed E-state index contributed by atoms with van der Waals surface area (Å²) in [6.45, 7) is 6.58. The maximum atomic E-state index is 14.5. The molecule has 0 atom stereocenters. The molecule has 1 aliphatic heterocycles. The highest BCUT2D eigenvalue weighted by Gasteiger charge is 2.15. The van der Waals surface area contributed by atoms with E-state index in [1.807, 2.05) is 12.1 Å². The lowest BCUT2D eigenvalue weighted by Crippen LogP contribution is -2.42. The van der Waals surface area contributed by atoms with Crippen LogP contribution in [0.5, 0.6) is 0 Å². The minimum Gasteiger partial charge on any atom is -0.342 e. The SMILES string of the molecule is Cc1nc2c(F)cc(-c3nc(Nc4ccc(CN5CCNCC5)cn4)ncc3F)cc2[nH]1. The summed E-state index contributed by atoms with van der Waals surface area (Å²) in [5.74, 6) is 0.0940. The van der Waals surface area contributed by atoms with E-state index in [0.29, 0.717) is 22.7 Å². The lowest BCUT2D eigenvalue weighted by Gasteiger charge is -2.27. The van der Waals surface area contributed by atoms with Crippen LogP contribution < -0.4 is 10.6 Å². The summed E-state index contributed by atoms with van der Waals surface area (Å²) in [5, 5.41) is 6.33. The molecule has 3 aromatic heterocycles. The van der Waals surface area contributed by atoms with Crippen LogP contribution in [-0.2, 0) is 6.54 Å². The first-order valence-corrected chi connectivity index (χ1v) is 10.4. The van der Waals surface area contributed by atoms with Crippen molar-refractivity contribution in [2.45, 2.75) is 13.5 Å². The lowest BCUT2D eigenvalue weighted by molar-refractivity contribution is 0.233. The predicted molar refractivity (Wildman–Crippen MR) is 117 cm³/mol. The minimum absolute atomic E-state index is 0.00844. The number of nitrogens with one attached hydrogen (secondary N) is 3. The van der Waals surface area contributed by atoms with Gasteiger partial charge in [0.05, 0.1) is 11.7 Å². The predicted octanol–water partition coefficient (Wildman–Crippen LogP) is 3.15. The third-order valence-corrected chi connectivity index (χ3v) is 5.36. The Morgan fingerprint density at radius 2 is 1.88 bits per heavy atom. The molecule has 0 saturated carbocycles. The number of rotatable bonds is 5. The van der Waals surface area contributed by atoms with Crippen LogP contribution in [0, 0.1) is 18.6 Å². The number of hydrogen-bond donors (Lipinski definition) is 3. The molecule has 0 unspecified atom stereocenters. The number of H-pyrrole nitrogens is 1. The van der Waals surface area contributed by atoms with E-state index in [1.165, 1.54) is 6.07 Å². The number of hydrogen-bond acceptors (Lipinski definition) is 7. The van der Waals surface area contributed by atoms with Gasteiger partial charge >= 0.3 is 0 Å². The van der Waals surface area contributed by atoms with Crippen molar-refractivity contribution in [2.24, 2.45) is 0 Å². The first-order valence-electron chi connectivity index (χ1n) is 10.4. The van der Waals surface area contributed by atoms with E-state index >= 15 is 0 Å². The molecular weight excluding hydrogens is 414 g/mol. The molecule has 4 heterocycles. The zero-order valence-electron chi connectivity index (χ0n) is 17.5. The Balaban J connectivity index is 1.36. The van der Waals surface area contributed by atoms with Gasteiger partial charge in [-0.3, -0.25) is 4.90 Å². The van der Waals surface area contributed by atoms with Crippen LogP contribution >= 0.6 is 0 Å². The summed E-state index contributed by atoms with van der Waals surface area (Å²) in [7, 11) is 0. The second-order valence-corrected chi connectivity index (χ2v) is 7.77. The van der Waals surface area contributed by atoms with E-state index in [1.54, 1.807) is 19.2 Å². The molecule has 0 aliphatic carbocycles. The van der Waals surface area contributed by atoms with Gasteiger partial charge in [-0.25, -0.2) is 28.7 Å². The fraction of sp³-hybridized carbons (Fsp3) is 0.273. The summed E-state index contributed by atoms with van der Waals surface area (Å²) < 4.78 is 28.9. The Morgan fingerprint density at radius 3 is 2.66 bits per heavy atom.